The first-order valence-corrected chi connectivity index (χ1v) is 7.63. The Morgan fingerprint density at radius 2 is 2.17 bits per heavy atom. The molecule has 7 nitrogen and oxygen atoms in total. The molecular formula is C10H19N5O2S. The first-order chi connectivity index (χ1) is 8.55. The number of aromatic nitrogens is 2. The third kappa shape index (κ3) is 3.97. The van der Waals surface area contributed by atoms with Gasteiger partial charge in [-0.1, -0.05) is 0 Å². The van der Waals surface area contributed by atoms with Gasteiger partial charge in [-0.15, -0.1) is 0 Å². The van der Waals surface area contributed by atoms with Crippen LogP contribution in [0.3, 0.4) is 0 Å². The van der Waals surface area contributed by atoms with Crippen LogP contribution in [-0.4, -0.2) is 61.6 Å². The van der Waals surface area contributed by atoms with Gasteiger partial charge in [0.1, 0.15) is 0 Å². The first-order valence-electron chi connectivity index (χ1n) is 5.97. The first kappa shape index (κ1) is 13.3. The minimum absolute atomic E-state index is 0.113. The normalized spacial score (nSPS) is 17.8. The number of nitrogens with one attached hydrogen (secondary N) is 2. The Kier molecular flexibility index (Phi) is 4.20. The van der Waals surface area contributed by atoms with Crippen LogP contribution in [0.1, 0.15) is 0 Å². The van der Waals surface area contributed by atoms with Crippen molar-refractivity contribution in [2.75, 3.05) is 43.2 Å². The number of nitrogens with zero attached hydrogens (tertiary/aromatic N) is 3. The minimum atomic E-state index is -3.29. The van der Waals surface area contributed by atoms with Gasteiger partial charge in [-0.2, -0.15) is 5.10 Å². The molecule has 0 aromatic carbocycles. The smallest absolute Gasteiger partial charge is 0.234 e. The lowest BCUT2D eigenvalue weighted by Gasteiger charge is -2.26. The van der Waals surface area contributed by atoms with Gasteiger partial charge in [0, 0.05) is 46.0 Å². The van der Waals surface area contributed by atoms with Crippen molar-refractivity contribution in [2.24, 2.45) is 7.05 Å². The van der Waals surface area contributed by atoms with Gasteiger partial charge in [0.15, 0.2) is 0 Å². The summed E-state index contributed by atoms with van der Waals surface area (Å²) in [4.78, 5) is 2.15. The summed E-state index contributed by atoms with van der Waals surface area (Å²) in [6, 6.07) is 0. The summed E-state index contributed by atoms with van der Waals surface area (Å²) in [6.45, 7) is 4.23. The molecule has 102 valence electrons. The van der Waals surface area contributed by atoms with Gasteiger partial charge in [-0.3, -0.25) is 14.3 Å². The van der Waals surface area contributed by atoms with Gasteiger partial charge >= 0.3 is 0 Å². The average molecular weight is 273 g/mol. The van der Waals surface area contributed by atoms with E-state index in [4.69, 9.17) is 0 Å². The number of rotatable bonds is 5. The van der Waals surface area contributed by atoms with Crippen molar-refractivity contribution in [2.45, 2.75) is 0 Å². The van der Waals surface area contributed by atoms with E-state index < -0.39 is 10.0 Å². The van der Waals surface area contributed by atoms with E-state index in [1.54, 1.807) is 17.9 Å². The van der Waals surface area contributed by atoms with E-state index in [9.17, 15) is 8.42 Å². The predicted octanol–water partition coefficient (Wildman–Crippen LogP) is -0.933. The summed E-state index contributed by atoms with van der Waals surface area (Å²) < 4.78 is 27.8. The Labute approximate surface area is 107 Å². The Morgan fingerprint density at radius 3 is 2.78 bits per heavy atom. The van der Waals surface area contributed by atoms with Gasteiger partial charge in [0.05, 0.1) is 17.6 Å². The van der Waals surface area contributed by atoms with Crippen molar-refractivity contribution >= 4 is 15.7 Å². The highest BCUT2D eigenvalue weighted by Gasteiger charge is 2.15. The highest BCUT2D eigenvalue weighted by Crippen LogP contribution is 2.07. The van der Waals surface area contributed by atoms with Crippen LogP contribution in [0.5, 0.6) is 0 Å². The van der Waals surface area contributed by atoms with Crippen LogP contribution < -0.4 is 10.0 Å². The van der Waals surface area contributed by atoms with Crippen molar-refractivity contribution in [3.8, 4) is 0 Å². The van der Waals surface area contributed by atoms with Crippen molar-refractivity contribution in [1.82, 2.24) is 20.0 Å². The van der Waals surface area contributed by atoms with E-state index in [1.165, 1.54) is 6.20 Å². The zero-order valence-electron chi connectivity index (χ0n) is 10.5. The molecule has 0 bridgehead atoms. The number of piperazine rings is 1. The monoisotopic (exact) mass is 273 g/mol. The van der Waals surface area contributed by atoms with Crippen LogP contribution in [0.4, 0.5) is 5.69 Å². The molecule has 0 spiro atoms. The predicted molar refractivity (Wildman–Crippen MR) is 69.9 cm³/mol. The zero-order valence-corrected chi connectivity index (χ0v) is 11.3. The molecule has 1 aliphatic rings. The molecule has 0 atom stereocenters. The number of anilines is 1. The molecule has 1 fully saturated rings. The molecule has 1 aromatic heterocycles. The lowest BCUT2D eigenvalue weighted by atomic mass is 10.4. The Balaban J connectivity index is 1.83. The fourth-order valence-corrected chi connectivity index (χ4v) is 2.95. The van der Waals surface area contributed by atoms with E-state index in [2.05, 4.69) is 20.0 Å². The van der Waals surface area contributed by atoms with E-state index in [0.29, 0.717) is 12.2 Å². The highest BCUT2D eigenvalue weighted by molar-refractivity contribution is 7.92. The van der Waals surface area contributed by atoms with Crippen LogP contribution in [0, 0.1) is 0 Å². The fraction of sp³-hybridized carbons (Fsp3) is 0.700. The summed E-state index contributed by atoms with van der Waals surface area (Å²) in [6.07, 6.45) is 3.14. The maximum atomic E-state index is 11.9. The largest absolute Gasteiger partial charge is 0.314 e. The maximum absolute atomic E-state index is 11.9. The van der Waals surface area contributed by atoms with Gasteiger partial charge in [0.25, 0.3) is 0 Å². The summed E-state index contributed by atoms with van der Waals surface area (Å²) in [5.74, 6) is 0.113. The Hall–Kier alpha value is -1.12. The van der Waals surface area contributed by atoms with Crippen molar-refractivity contribution in [1.29, 1.82) is 0 Å². The Morgan fingerprint density at radius 1 is 1.44 bits per heavy atom. The lowest BCUT2D eigenvalue weighted by Crippen LogP contribution is -2.45. The van der Waals surface area contributed by atoms with Crippen molar-refractivity contribution in [3.63, 3.8) is 0 Å². The van der Waals surface area contributed by atoms with Crippen LogP contribution in [0.25, 0.3) is 0 Å². The fourth-order valence-electron chi connectivity index (χ4n) is 1.89. The molecular weight excluding hydrogens is 254 g/mol. The molecule has 0 saturated carbocycles. The molecule has 8 heteroatoms. The standard InChI is InChI=1S/C10H19N5O2S/c1-14-9-10(8-12-14)13-18(16,17)7-6-15-4-2-11-3-5-15/h8-9,11,13H,2-7H2,1H3. The molecule has 2 heterocycles. The number of sulfonamides is 1. The molecule has 1 saturated heterocycles. The molecule has 0 amide bonds. The molecule has 0 radical (unpaired) electrons. The van der Waals surface area contributed by atoms with E-state index in [1.807, 2.05) is 0 Å². The third-order valence-corrected chi connectivity index (χ3v) is 4.13. The molecule has 0 unspecified atom stereocenters. The molecule has 0 aliphatic carbocycles. The van der Waals surface area contributed by atoms with Crippen LogP contribution >= 0.6 is 0 Å². The highest BCUT2D eigenvalue weighted by atomic mass is 32.2. The summed E-state index contributed by atoms with van der Waals surface area (Å²) in [7, 11) is -1.54. The van der Waals surface area contributed by atoms with Crippen LogP contribution in [0.2, 0.25) is 0 Å². The topological polar surface area (TPSA) is 79.3 Å². The number of hydrogen-bond donors (Lipinski definition) is 2. The van der Waals surface area contributed by atoms with Crippen LogP contribution in [0.15, 0.2) is 12.4 Å². The second-order valence-corrected chi connectivity index (χ2v) is 6.26. The molecule has 1 aromatic rings. The average Bonchev–Trinajstić information content (AvgIpc) is 2.73. The summed E-state index contributed by atoms with van der Waals surface area (Å²) in [5, 5.41) is 7.16. The van der Waals surface area contributed by atoms with Gasteiger partial charge < -0.3 is 5.32 Å². The quantitative estimate of drug-likeness (QED) is 0.724. The lowest BCUT2D eigenvalue weighted by molar-refractivity contribution is 0.254. The summed E-state index contributed by atoms with van der Waals surface area (Å²) in [5.41, 5.74) is 0.512. The molecule has 1 aliphatic heterocycles. The van der Waals surface area contributed by atoms with Gasteiger partial charge in [-0.25, -0.2) is 8.42 Å². The van der Waals surface area contributed by atoms with Gasteiger partial charge in [0.2, 0.25) is 10.0 Å². The van der Waals surface area contributed by atoms with Crippen molar-refractivity contribution in [3.05, 3.63) is 12.4 Å². The number of aryl methyl sites for hydroxylation is 1. The van der Waals surface area contributed by atoms with E-state index in [0.717, 1.165) is 26.2 Å². The minimum Gasteiger partial charge on any atom is -0.314 e. The molecule has 2 rings (SSSR count). The second-order valence-electron chi connectivity index (χ2n) is 4.42. The van der Waals surface area contributed by atoms with E-state index in [-0.39, 0.29) is 5.75 Å². The van der Waals surface area contributed by atoms with Crippen LogP contribution in [-0.2, 0) is 17.1 Å². The zero-order chi connectivity index (χ0) is 13.0. The SMILES string of the molecule is Cn1cc(NS(=O)(=O)CCN2CCNCC2)cn1. The Bertz CT molecular complexity index is 478. The van der Waals surface area contributed by atoms with Gasteiger partial charge in [-0.05, 0) is 0 Å². The molecule has 18 heavy (non-hydrogen) atoms. The summed E-state index contributed by atoms with van der Waals surface area (Å²) >= 11 is 0. The van der Waals surface area contributed by atoms with Crippen molar-refractivity contribution < 1.29 is 8.42 Å². The molecule has 2 N–H and O–H groups in total. The number of hydrogen-bond acceptors (Lipinski definition) is 5. The maximum Gasteiger partial charge on any atom is 0.234 e. The third-order valence-electron chi connectivity index (χ3n) is 2.86. The second kappa shape index (κ2) is 5.68. The van der Waals surface area contributed by atoms with E-state index >= 15 is 0 Å².